The van der Waals surface area contributed by atoms with E-state index in [2.05, 4.69) is 53.0 Å². The minimum Gasteiger partial charge on any atom is -0.545 e. The van der Waals surface area contributed by atoms with Gasteiger partial charge in [0.15, 0.2) is 17.2 Å². The standard InChI is InChI=1S/C65H126N.C19H28O4/c1-7-13-19-25-31-37-43-49-55-61-62(56-50-44-38-32-26-20-14-8-2)64(58-52-46-40-34-28-22-16-10-4)66(60-54-48-42-36-30-24-18-12-6)65(59-53-47-41-35-29-23-17-11-5)63(61)57-51-45-39-33-27-21-15-9-3;1-2-3-4-5-6-7-8-9-10-11-17(20)15-12-13-18(21)16(14-15)19(22)23/h7-60H2,1-6H3;12-14,21H,2-11H2,1H3,(H,22,23)/q+1;/p-1. The number of hydrogen-bond donors (Lipinski definition) is 1. The summed E-state index contributed by atoms with van der Waals surface area (Å²) in [5.74, 6) is -1.93. The van der Waals surface area contributed by atoms with Crippen molar-refractivity contribution in [3.8, 4) is 5.75 Å². The van der Waals surface area contributed by atoms with E-state index in [-0.39, 0.29) is 17.1 Å². The van der Waals surface area contributed by atoms with Gasteiger partial charge < -0.3 is 15.0 Å². The quantitative estimate of drug-likeness (QED) is 0.0406. The van der Waals surface area contributed by atoms with Gasteiger partial charge in [-0.1, -0.05) is 363 Å². The number of phenols is 1. The number of carboxylic acid groups (broad SMARTS) is 1. The van der Waals surface area contributed by atoms with Crippen LogP contribution >= 0.6 is 0 Å². The van der Waals surface area contributed by atoms with Crippen LogP contribution in [0.4, 0.5) is 0 Å². The lowest BCUT2D eigenvalue weighted by Gasteiger charge is -2.23. The Kier molecular flexibility index (Phi) is 60.7. The van der Waals surface area contributed by atoms with E-state index in [1.807, 2.05) is 28.1 Å². The van der Waals surface area contributed by atoms with E-state index in [0.29, 0.717) is 12.0 Å². The first kappa shape index (κ1) is 84.3. The average molecular weight is 1240 g/mol. The van der Waals surface area contributed by atoms with E-state index >= 15 is 0 Å². The third kappa shape index (κ3) is 46.1. The lowest BCUT2D eigenvalue weighted by Crippen LogP contribution is -2.46. The first-order valence-corrected chi connectivity index (χ1v) is 40.4. The minimum atomic E-state index is -1.47. The second kappa shape index (κ2) is 64.0. The number of aromatic carboxylic acids is 1. The summed E-state index contributed by atoms with van der Waals surface area (Å²) in [6, 6.07) is 3.88. The van der Waals surface area contributed by atoms with Gasteiger partial charge in [0.05, 0.1) is 5.97 Å². The molecule has 0 amide bonds. The number of aromatic hydroxyl groups is 1. The molecule has 0 saturated heterocycles. The largest absolute Gasteiger partial charge is 0.545 e. The highest BCUT2D eigenvalue weighted by atomic mass is 16.4. The number of nitrogens with zero attached hydrogens (tertiary/aromatic N) is 1. The third-order valence-electron chi connectivity index (χ3n) is 19.7. The molecule has 5 nitrogen and oxygen atoms in total. The zero-order chi connectivity index (χ0) is 64.7. The van der Waals surface area contributed by atoms with Crippen LogP contribution in [0.1, 0.15) is 470 Å². The molecule has 1 N–H and O–H groups in total. The molecule has 1 aromatic carbocycles. The van der Waals surface area contributed by atoms with Crippen molar-refractivity contribution in [2.45, 2.75) is 460 Å². The summed E-state index contributed by atoms with van der Waals surface area (Å²) >= 11 is 0. The predicted octanol–water partition coefficient (Wildman–Crippen LogP) is 26.4. The molecular weight excluding hydrogens is 1090 g/mol. The predicted molar refractivity (Wildman–Crippen MR) is 389 cm³/mol. The molecule has 1 aromatic heterocycles. The molecule has 0 aliphatic heterocycles. The molecule has 2 rings (SSSR count). The zero-order valence-corrected chi connectivity index (χ0v) is 61.1. The van der Waals surface area contributed by atoms with Crippen molar-refractivity contribution in [1.29, 1.82) is 0 Å². The summed E-state index contributed by atoms with van der Waals surface area (Å²) < 4.78 is 3.12. The van der Waals surface area contributed by atoms with Gasteiger partial charge in [-0.05, 0) is 88.0 Å². The van der Waals surface area contributed by atoms with Gasteiger partial charge in [0.1, 0.15) is 12.3 Å². The summed E-state index contributed by atoms with van der Waals surface area (Å²) in [6.07, 6.45) is 86.4. The zero-order valence-electron chi connectivity index (χ0n) is 61.1. The molecule has 0 atom stereocenters. The topological polar surface area (TPSA) is 81.3 Å². The van der Waals surface area contributed by atoms with Gasteiger partial charge >= 0.3 is 0 Å². The minimum absolute atomic E-state index is 0.0876. The van der Waals surface area contributed by atoms with Crippen LogP contribution in [-0.4, -0.2) is 16.9 Å². The molecular formula is C84H153NO4. The van der Waals surface area contributed by atoms with Crippen LogP contribution in [0.15, 0.2) is 18.2 Å². The average Bonchev–Trinajstić information content (AvgIpc) is 1.02. The Hall–Kier alpha value is -2.69. The van der Waals surface area contributed by atoms with Crippen molar-refractivity contribution in [3.05, 3.63) is 57.4 Å². The Labute approximate surface area is 555 Å². The Balaban J connectivity index is 0.00000143. The number of hydrogen-bond acceptors (Lipinski definition) is 4. The number of benzene rings is 1. The lowest BCUT2D eigenvalue weighted by molar-refractivity contribution is -0.712. The number of carbonyl (C=O) groups is 2. The number of aromatic nitrogens is 1. The fourth-order valence-electron chi connectivity index (χ4n) is 13.9. The normalized spacial score (nSPS) is 11.4. The molecule has 89 heavy (non-hydrogen) atoms. The van der Waals surface area contributed by atoms with Crippen LogP contribution < -0.4 is 9.67 Å². The maximum atomic E-state index is 12.0. The molecule has 0 fully saturated rings. The summed E-state index contributed by atoms with van der Waals surface area (Å²) in [4.78, 5) is 22.9. The van der Waals surface area contributed by atoms with Gasteiger partial charge in [0.25, 0.3) is 0 Å². The van der Waals surface area contributed by atoms with Crippen LogP contribution in [0.3, 0.4) is 0 Å². The summed E-state index contributed by atoms with van der Waals surface area (Å²) in [5, 5.41) is 20.2. The van der Waals surface area contributed by atoms with Gasteiger partial charge in [-0.3, -0.25) is 4.79 Å². The van der Waals surface area contributed by atoms with Crippen molar-refractivity contribution >= 4 is 11.8 Å². The summed E-state index contributed by atoms with van der Waals surface area (Å²) in [7, 11) is 0. The number of carboxylic acids is 1. The van der Waals surface area contributed by atoms with Crippen molar-refractivity contribution < 1.29 is 24.4 Å². The van der Waals surface area contributed by atoms with E-state index in [1.165, 1.54) is 404 Å². The van der Waals surface area contributed by atoms with Crippen molar-refractivity contribution in [2.24, 2.45) is 0 Å². The number of Topliss-reactive ketones (excluding diaryl/α,β-unsaturated/α-hetero) is 1. The molecule has 0 bridgehead atoms. The number of ketones is 1. The molecule has 0 aliphatic carbocycles. The Morgan fingerprint density at radius 3 is 0.854 bits per heavy atom. The van der Waals surface area contributed by atoms with E-state index in [1.54, 1.807) is 0 Å². The molecule has 2 aromatic rings. The van der Waals surface area contributed by atoms with Crippen LogP contribution in [0, 0.1) is 0 Å². The molecule has 0 spiro atoms. The molecule has 518 valence electrons. The number of carbonyl (C=O) groups excluding carboxylic acids is 2. The van der Waals surface area contributed by atoms with E-state index in [0.717, 1.165) is 19.3 Å². The van der Waals surface area contributed by atoms with Crippen LogP contribution in [0.5, 0.6) is 5.75 Å². The first-order valence-electron chi connectivity index (χ1n) is 40.4. The van der Waals surface area contributed by atoms with E-state index in [4.69, 9.17) is 0 Å². The summed E-state index contributed by atoms with van der Waals surface area (Å²) in [5.41, 5.74) is 9.43. The third-order valence-corrected chi connectivity index (χ3v) is 19.7. The molecule has 1 heterocycles. The maximum absolute atomic E-state index is 12.0. The molecule has 5 heteroatoms. The highest BCUT2D eigenvalue weighted by Gasteiger charge is 2.29. The number of unbranched alkanes of at least 4 members (excludes halogenated alkanes) is 50. The Bertz CT molecular complexity index is 1640. The molecule has 0 saturated carbocycles. The second-order valence-corrected chi connectivity index (χ2v) is 28.1. The molecule has 0 radical (unpaired) electrons. The Morgan fingerprint density at radius 1 is 0.315 bits per heavy atom. The van der Waals surface area contributed by atoms with Crippen LogP contribution in [0.2, 0.25) is 0 Å². The van der Waals surface area contributed by atoms with Crippen LogP contribution in [0.25, 0.3) is 0 Å². The number of pyridine rings is 1. The van der Waals surface area contributed by atoms with E-state index in [9.17, 15) is 19.8 Å². The van der Waals surface area contributed by atoms with Gasteiger partial charge in [0, 0.05) is 47.9 Å². The van der Waals surface area contributed by atoms with Gasteiger partial charge in [0.2, 0.25) is 0 Å². The second-order valence-electron chi connectivity index (χ2n) is 28.1. The number of rotatable bonds is 66. The SMILES string of the molecule is CCCCCCCCCCCC(=O)c1ccc(O)c(C(=O)[O-])c1.CCCCCCCCCCc1c(CCCCCCCCCC)c(CCCCCCCCCC)[n+](CCCCCCCCCC)c(CCCCCCCCCC)c1CCCCCCCCCC. The van der Waals surface area contributed by atoms with Gasteiger partial charge in [-0.15, -0.1) is 0 Å². The first-order chi connectivity index (χ1) is 43.7. The lowest BCUT2D eigenvalue weighted by atomic mass is 9.85. The molecule has 0 unspecified atom stereocenters. The van der Waals surface area contributed by atoms with Crippen molar-refractivity contribution in [2.75, 3.05) is 0 Å². The highest BCUT2D eigenvalue weighted by Crippen LogP contribution is 2.31. The van der Waals surface area contributed by atoms with Crippen molar-refractivity contribution in [1.82, 2.24) is 0 Å². The highest BCUT2D eigenvalue weighted by molar-refractivity contribution is 5.99. The monoisotopic (exact) mass is 1240 g/mol. The van der Waals surface area contributed by atoms with Crippen LogP contribution in [-0.2, 0) is 38.6 Å². The van der Waals surface area contributed by atoms with Crippen molar-refractivity contribution in [3.63, 3.8) is 0 Å². The summed E-state index contributed by atoms with van der Waals surface area (Å²) in [6.45, 7) is 17.7. The maximum Gasteiger partial charge on any atom is 0.185 e. The van der Waals surface area contributed by atoms with Gasteiger partial charge in [-0.2, -0.15) is 4.57 Å². The fraction of sp³-hybridized carbons (Fsp3) is 0.845. The smallest absolute Gasteiger partial charge is 0.185 e. The Morgan fingerprint density at radius 2 is 0.562 bits per heavy atom. The molecule has 0 aliphatic rings. The fourth-order valence-corrected chi connectivity index (χ4v) is 13.9. The van der Waals surface area contributed by atoms with Gasteiger partial charge in [-0.25, -0.2) is 0 Å². The van der Waals surface area contributed by atoms with E-state index < -0.39 is 5.97 Å².